The maximum atomic E-state index is 6.65. The molecule has 1 aliphatic rings. The second-order valence-electron chi connectivity index (χ2n) is 10.0. The molecular weight excluding hydrogens is 422 g/mol. The minimum Gasteiger partial charge on any atom is -0.493 e. The van der Waals surface area contributed by atoms with Gasteiger partial charge in [0.2, 0.25) is 0 Å². The van der Waals surface area contributed by atoms with Gasteiger partial charge in [0.15, 0.2) is 11.5 Å². The Balaban J connectivity index is 1.74. The summed E-state index contributed by atoms with van der Waals surface area (Å²) in [5.74, 6) is 2.67. The normalized spacial score (nSPS) is 16.4. The molecule has 34 heavy (non-hydrogen) atoms. The van der Waals surface area contributed by atoms with Crippen molar-refractivity contribution in [3.63, 3.8) is 0 Å². The minimum atomic E-state index is -0.333. The van der Waals surface area contributed by atoms with Gasteiger partial charge in [-0.15, -0.1) is 0 Å². The molecule has 0 spiro atoms. The third kappa shape index (κ3) is 3.27. The van der Waals surface area contributed by atoms with Crippen LogP contribution in [-0.4, -0.2) is 24.4 Å². The summed E-state index contributed by atoms with van der Waals surface area (Å²) in [5, 5.41) is 2.22. The number of hydrogen-bond acceptors (Lipinski definition) is 3. The zero-order chi connectivity index (χ0) is 24.4. The number of hydrogen-bond donors (Lipinski definition) is 0. The first-order valence-electron chi connectivity index (χ1n) is 11.8. The van der Waals surface area contributed by atoms with Gasteiger partial charge in [0.05, 0.1) is 25.8 Å². The van der Waals surface area contributed by atoms with E-state index in [-0.39, 0.29) is 11.5 Å². The summed E-state index contributed by atoms with van der Waals surface area (Å²) in [6.07, 6.45) is 4.36. The summed E-state index contributed by atoms with van der Waals surface area (Å²) in [4.78, 5) is 0. The van der Waals surface area contributed by atoms with Gasteiger partial charge >= 0.3 is 0 Å². The third-order valence-electron chi connectivity index (χ3n) is 7.43. The van der Waals surface area contributed by atoms with Crippen molar-refractivity contribution in [2.24, 2.45) is 0 Å². The molecule has 3 aromatic carbocycles. The van der Waals surface area contributed by atoms with Gasteiger partial charge < -0.3 is 18.8 Å². The zero-order valence-electron chi connectivity index (χ0n) is 21.4. The van der Waals surface area contributed by atoms with Crippen LogP contribution < -0.4 is 14.2 Å². The Morgan fingerprint density at radius 1 is 0.794 bits per heavy atom. The lowest BCUT2D eigenvalue weighted by molar-refractivity contribution is 0.121. The Bertz CT molecular complexity index is 1370. The van der Waals surface area contributed by atoms with Crippen LogP contribution in [0.25, 0.3) is 16.5 Å². The molecule has 0 radical (unpaired) electrons. The molecule has 4 nitrogen and oxygen atoms in total. The maximum Gasteiger partial charge on any atom is 0.161 e. The number of methoxy groups -OCH3 is 2. The SMILES string of the molecule is COc1cc2cn(-c3c(C)c(C)c4c(c3C)C(c3ccc(C)cc3)C(C)(C)O4)cc2cc1OC. The first kappa shape index (κ1) is 22.4. The number of nitrogens with zero attached hydrogens (tertiary/aromatic N) is 1. The number of rotatable bonds is 4. The Labute approximate surface area is 202 Å². The standard InChI is InChI=1S/C30H33NO3/c1-17-9-11-21(12-10-17)27-26-20(4)28(18(2)19(3)29(26)34-30(27,5)6)31-15-22-13-24(32-7)25(33-8)14-23(22)16-31/h9-16,27H,1-8H3. The number of aromatic nitrogens is 1. The second kappa shape index (κ2) is 7.83. The average Bonchev–Trinajstić information content (AvgIpc) is 3.34. The number of fused-ring (bicyclic) bond motifs is 2. The van der Waals surface area contributed by atoms with Crippen LogP contribution in [0.3, 0.4) is 0 Å². The molecule has 176 valence electrons. The van der Waals surface area contributed by atoms with E-state index in [1.807, 2.05) is 12.1 Å². The lowest BCUT2D eigenvalue weighted by Gasteiger charge is -2.27. The molecule has 0 saturated carbocycles. The molecule has 1 atom stereocenters. The largest absolute Gasteiger partial charge is 0.493 e. The molecule has 4 heteroatoms. The molecule has 0 fully saturated rings. The van der Waals surface area contributed by atoms with Crippen molar-refractivity contribution in [3.05, 3.63) is 82.2 Å². The fourth-order valence-corrected chi connectivity index (χ4v) is 5.59. The Hall–Kier alpha value is -3.40. The minimum absolute atomic E-state index is 0.159. The Kier molecular flexibility index (Phi) is 5.16. The molecule has 0 amide bonds. The van der Waals surface area contributed by atoms with Crippen LogP contribution in [-0.2, 0) is 0 Å². The fourth-order valence-electron chi connectivity index (χ4n) is 5.59. The van der Waals surface area contributed by atoms with Gasteiger partial charge in [-0.05, 0) is 75.9 Å². The van der Waals surface area contributed by atoms with Crippen LogP contribution in [0.1, 0.15) is 53.1 Å². The van der Waals surface area contributed by atoms with Gasteiger partial charge in [-0.3, -0.25) is 0 Å². The summed E-state index contributed by atoms with van der Waals surface area (Å²) < 4.78 is 20.0. The van der Waals surface area contributed by atoms with E-state index in [9.17, 15) is 0 Å². The first-order valence-corrected chi connectivity index (χ1v) is 11.8. The molecule has 1 aliphatic heterocycles. The van der Waals surface area contributed by atoms with E-state index in [0.717, 1.165) is 28.0 Å². The molecule has 0 bridgehead atoms. The quantitative estimate of drug-likeness (QED) is 0.327. The van der Waals surface area contributed by atoms with E-state index in [1.165, 1.54) is 39.1 Å². The smallest absolute Gasteiger partial charge is 0.161 e. The van der Waals surface area contributed by atoms with E-state index in [2.05, 4.69) is 82.8 Å². The van der Waals surface area contributed by atoms with Crippen molar-refractivity contribution < 1.29 is 14.2 Å². The fraction of sp³-hybridized carbons (Fsp3) is 0.333. The molecule has 0 N–H and O–H groups in total. The molecule has 0 saturated heterocycles. The average molecular weight is 456 g/mol. The van der Waals surface area contributed by atoms with Crippen LogP contribution in [0.4, 0.5) is 0 Å². The number of ether oxygens (including phenoxy) is 3. The summed E-state index contributed by atoms with van der Waals surface area (Å²) in [7, 11) is 3.34. The first-order chi connectivity index (χ1) is 16.2. The van der Waals surface area contributed by atoms with E-state index >= 15 is 0 Å². The zero-order valence-corrected chi connectivity index (χ0v) is 21.4. The highest BCUT2D eigenvalue weighted by atomic mass is 16.5. The van der Waals surface area contributed by atoms with Crippen molar-refractivity contribution in [2.75, 3.05) is 14.2 Å². The van der Waals surface area contributed by atoms with E-state index in [4.69, 9.17) is 14.2 Å². The number of aryl methyl sites for hydroxylation is 1. The van der Waals surface area contributed by atoms with Crippen LogP contribution in [0, 0.1) is 27.7 Å². The van der Waals surface area contributed by atoms with Gasteiger partial charge in [-0.25, -0.2) is 0 Å². The van der Waals surface area contributed by atoms with Crippen molar-refractivity contribution in [1.82, 2.24) is 4.57 Å². The van der Waals surface area contributed by atoms with Crippen molar-refractivity contribution >= 4 is 10.8 Å². The second-order valence-corrected chi connectivity index (χ2v) is 10.0. The highest BCUT2D eigenvalue weighted by molar-refractivity contribution is 5.87. The molecule has 4 aromatic rings. The lowest BCUT2D eigenvalue weighted by atomic mass is 9.78. The lowest BCUT2D eigenvalue weighted by Crippen LogP contribution is -2.31. The molecule has 1 aromatic heterocycles. The third-order valence-corrected chi connectivity index (χ3v) is 7.43. The van der Waals surface area contributed by atoms with Crippen LogP contribution >= 0.6 is 0 Å². The van der Waals surface area contributed by atoms with Gasteiger partial charge in [0, 0.05) is 28.7 Å². The van der Waals surface area contributed by atoms with Crippen molar-refractivity contribution in [1.29, 1.82) is 0 Å². The monoisotopic (exact) mass is 455 g/mol. The maximum absolute atomic E-state index is 6.65. The summed E-state index contributed by atoms with van der Waals surface area (Å²) in [5.41, 5.74) is 8.42. The van der Waals surface area contributed by atoms with Crippen LogP contribution in [0.2, 0.25) is 0 Å². The van der Waals surface area contributed by atoms with Gasteiger partial charge in [-0.2, -0.15) is 0 Å². The number of benzene rings is 3. The summed E-state index contributed by atoms with van der Waals surface area (Å²) in [6.45, 7) is 13.1. The van der Waals surface area contributed by atoms with Gasteiger partial charge in [-0.1, -0.05) is 29.8 Å². The highest BCUT2D eigenvalue weighted by Gasteiger charge is 2.45. The molecule has 0 aliphatic carbocycles. The molecule has 1 unspecified atom stereocenters. The van der Waals surface area contributed by atoms with E-state index in [1.54, 1.807) is 14.2 Å². The van der Waals surface area contributed by atoms with Gasteiger partial charge in [0.25, 0.3) is 0 Å². The predicted molar refractivity (Wildman–Crippen MR) is 138 cm³/mol. The topological polar surface area (TPSA) is 32.6 Å². The summed E-state index contributed by atoms with van der Waals surface area (Å²) >= 11 is 0. The van der Waals surface area contributed by atoms with Crippen molar-refractivity contribution in [3.8, 4) is 22.9 Å². The molecule has 2 heterocycles. The Morgan fingerprint density at radius 3 is 1.88 bits per heavy atom. The summed E-state index contributed by atoms with van der Waals surface area (Å²) in [6, 6.07) is 13.0. The predicted octanol–water partition coefficient (Wildman–Crippen LogP) is 7.18. The highest BCUT2D eigenvalue weighted by Crippen LogP contribution is 2.53. The Morgan fingerprint density at radius 2 is 1.35 bits per heavy atom. The van der Waals surface area contributed by atoms with Crippen LogP contribution in [0.15, 0.2) is 48.8 Å². The molecule has 5 rings (SSSR count). The van der Waals surface area contributed by atoms with Crippen LogP contribution in [0.5, 0.6) is 17.2 Å². The van der Waals surface area contributed by atoms with Crippen molar-refractivity contribution in [2.45, 2.75) is 53.1 Å². The van der Waals surface area contributed by atoms with E-state index in [0.29, 0.717) is 0 Å². The molecular formula is C30H33NO3. The van der Waals surface area contributed by atoms with E-state index < -0.39 is 0 Å². The van der Waals surface area contributed by atoms with Gasteiger partial charge in [0.1, 0.15) is 11.4 Å².